The van der Waals surface area contributed by atoms with Gasteiger partial charge >= 0.3 is 0 Å². The Morgan fingerprint density at radius 1 is 1.25 bits per heavy atom. The molecule has 2 N–H and O–H groups in total. The van der Waals surface area contributed by atoms with E-state index >= 15 is 0 Å². The standard InChI is InChI=1S/C15H24N4O/c1-20-15-10-13(2-6-17-15)19-9-5-14(11-19)18-7-3-12(16)4-8-18/h2,6,10,12,14H,3-5,7-9,11,16H2,1H3. The van der Waals surface area contributed by atoms with E-state index in [1.165, 1.54) is 12.1 Å². The maximum Gasteiger partial charge on any atom is 0.214 e. The van der Waals surface area contributed by atoms with Gasteiger partial charge in [-0.3, -0.25) is 4.90 Å². The molecule has 1 aromatic rings. The van der Waals surface area contributed by atoms with E-state index in [9.17, 15) is 0 Å². The van der Waals surface area contributed by atoms with Gasteiger partial charge in [0.2, 0.25) is 5.88 Å². The zero-order valence-corrected chi connectivity index (χ0v) is 12.2. The van der Waals surface area contributed by atoms with E-state index in [4.69, 9.17) is 10.5 Å². The van der Waals surface area contributed by atoms with Gasteiger partial charge in [0.1, 0.15) is 0 Å². The van der Waals surface area contributed by atoms with E-state index in [2.05, 4.69) is 20.9 Å². The Bertz CT molecular complexity index is 445. The number of hydrogen-bond donors (Lipinski definition) is 1. The molecular weight excluding hydrogens is 252 g/mol. The molecule has 2 saturated heterocycles. The summed E-state index contributed by atoms with van der Waals surface area (Å²) < 4.78 is 5.21. The Labute approximate surface area is 120 Å². The number of nitrogens with two attached hydrogens (primary N) is 1. The predicted molar refractivity (Wildman–Crippen MR) is 80.2 cm³/mol. The minimum atomic E-state index is 0.410. The van der Waals surface area contributed by atoms with E-state index in [0.29, 0.717) is 18.0 Å². The Hall–Kier alpha value is -1.33. The molecule has 3 heterocycles. The maximum atomic E-state index is 5.99. The molecule has 0 spiro atoms. The summed E-state index contributed by atoms with van der Waals surface area (Å²) in [5.74, 6) is 0.690. The van der Waals surface area contributed by atoms with E-state index in [1.807, 2.05) is 12.3 Å². The van der Waals surface area contributed by atoms with Crippen molar-refractivity contribution in [1.29, 1.82) is 0 Å². The second kappa shape index (κ2) is 5.97. The lowest BCUT2D eigenvalue weighted by molar-refractivity contribution is 0.163. The van der Waals surface area contributed by atoms with Gasteiger partial charge in [-0.2, -0.15) is 0 Å². The third-order valence-corrected chi connectivity index (χ3v) is 4.55. The van der Waals surface area contributed by atoms with Crippen LogP contribution < -0.4 is 15.4 Å². The van der Waals surface area contributed by atoms with Crippen LogP contribution in [0.3, 0.4) is 0 Å². The number of hydrogen-bond acceptors (Lipinski definition) is 5. The van der Waals surface area contributed by atoms with Crippen LogP contribution in [0.1, 0.15) is 19.3 Å². The number of aromatic nitrogens is 1. The highest BCUT2D eigenvalue weighted by molar-refractivity contribution is 5.49. The van der Waals surface area contributed by atoms with Crippen LogP contribution in [-0.2, 0) is 0 Å². The minimum Gasteiger partial charge on any atom is -0.481 e. The highest BCUT2D eigenvalue weighted by Crippen LogP contribution is 2.26. The van der Waals surface area contributed by atoms with Gasteiger partial charge < -0.3 is 15.4 Å². The van der Waals surface area contributed by atoms with E-state index in [0.717, 1.165) is 39.0 Å². The molecule has 110 valence electrons. The summed E-state index contributed by atoms with van der Waals surface area (Å²) in [5, 5.41) is 0. The molecule has 0 bridgehead atoms. The van der Waals surface area contributed by atoms with E-state index < -0.39 is 0 Å². The van der Waals surface area contributed by atoms with Crippen LogP contribution in [-0.4, -0.2) is 55.3 Å². The molecular formula is C15H24N4O. The summed E-state index contributed by atoms with van der Waals surface area (Å²) in [7, 11) is 1.66. The van der Waals surface area contributed by atoms with E-state index in [-0.39, 0.29) is 0 Å². The summed E-state index contributed by atoms with van der Waals surface area (Å²) >= 11 is 0. The molecule has 5 heteroatoms. The molecule has 20 heavy (non-hydrogen) atoms. The molecule has 3 rings (SSSR count). The molecule has 0 radical (unpaired) electrons. The van der Waals surface area contributed by atoms with Crippen molar-refractivity contribution in [3.05, 3.63) is 18.3 Å². The molecule has 2 aliphatic rings. The van der Waals surface area contributed by atoms with Gasteiger partial charge in [0.05, 0.1) is 7.11 Å². The SMILES string of the molecule is COc1cc(N2CCC(N3CCC(N)CC3)C2)ccn1. The molecule has 0 aliphatic carbocycles. The minimum absolute atomic E-state index is 0.410. The first-order chi connectivity index (χ1) is 9.76. The molecule has 1 atom stereocenters. The lowest BCUT2D eigenvalue weighted by Gasteiger charge is -2.34. The fourth-order valence-corrected chi connectivity index (χ4v) is 3.27. The maximum absolute atomic E-state index is 5.99. The highest BCUT2D eigenvalue weighted by Gasteiger charge is 2.30. The number of anilines is 1. The number of pyridine rings is 1. The van der Waals surface area contributed by atoms with Gasteiger partial charge in [0.15, 0.2) is 0 Å². The first-order valence-corrected chi connectivity index (χ1v) is 7.51. The van der Waals surface area contributed by atoms with Gasteiger partial charge in [-0.15, -0.1) is 0 Å². The second-order valence-electron chi connectivity index (χ2n) is 5.82. The first-order valence-electron chi connectivity index (χ1n) is 7.51. The molecule has 2 fully saturated rings. The van der Waals surface area contributed by atoms with Crippen molar-refractivity contribution in [1.82, 2.24) is 9.88 Å². The van der Waals surface area contributed by atoms with Crippen LogP contribution >= 0.6 is 0 Å². The summed E-state index contributed by atoms with van der Waals surface area (Å²) in [4.78, 5) is 9.22. The smallest absolute Gasteiger partial charge is 0.214 e. The van der Waals surface area contributed by atoms with Crippen molar-refractivity contribution in [2.75, 3.05) is 38.2 Å². The molecule has 1 unspecified atom stereocenters. The van der Waals surface area contributed by atoms with Crippen LogP contribution in [0.2, 0.25) is 0 Å². The zero-order valence-electron chi connectivity index (χ0n) is 12.2. The van der Waals surface area contributed by atoms with Crippen molar-refractivity contribution in [3.63, 3.8) is 0 Å². The Morgan fingerprint density at radius 3 is 2.80 bits per heavy atom. The predicted octanol–water partition coefficient (Wildman–Crippen LogP) is 1.09. The number of rotatable bonds is 3. The van der Waals surface area contributed by atoms with Gasteiger partial charge in [0, 0.05) is 43.1 Å². The molecule has 1 aromatic heterocycles. The quantitative estimate of drug-likeness (QED) is 0.895. The molecule has 0 aromatic carbocycles. The second-order valence-corrected chi connectivity index (χ2v) is 5.82. The van der Waals surface area contributed by atoms with Crippen molar-refractivity contribution in [2.45, 2.75) is 31.3 Å². The van der Waals surface area contributed by atoms with Crippen molar-refractivity contribution in [2.24, 2.45) is 5.73 Å². The number of ether oxygens (including phenoxy) is 1. The topological polar surface area (TPSA) is 54.6 Å². The first kappa shape index (κ1) is 13.6. The lowest BCUT2D eigenvalue weighted by Crippen LogP contribution is -2.46. The van der Waals surface area contributed by atoms with Gasteiger partial charge in [-0.05, 0) is 38.4 Å². The van der Waals surface area contributed by atoms with Crippen LogP contribution in [0, 0.1) is 0 Å². The zero-order chi connectivity index (χ0) is 13.9. The summed E-state index contributed by atoms with van der Waals surface area (Å²) in [6.45, 7) is 4.52. The lowest BCUT2D eigenvalue weighted by atomic mass is 10.0. The molecule has 5 nitrogen and oxygen atoms in total. The monoisotopic (exact) mass is 276 g/mol. The average Bonchev–Trinajstić information content (AvgIpc) is 2.98. The third kappa shape index (κ3) is 2.88. The molecule has 2 aliphatic heterocycles. The Balaban J connectivity index is 1.61. The van der Waals surface area contributed by atoms with Crippen LogP contribution in [0.15, 0.2) is 18.3 Å². The van der Waals surface area contributed by atoms with Gasteiger partial charge in [0.25, 0.3) is 0 Å². The largest absolute Gasteiger partial charge is 0.481 e. The molecule has 0 amide bonds. The number of likely N-dealkylation sites (tertiary alicyclic amines) is 1. The summed E-state index contributed by atoms with van der Waals surface area (Å²) in [6, 6.07) is 5.17. The Morgan fingerprint density at radius 2 is 2.05 bits per heavy atom. The van der Waals surface area contributed by atoms with Crippen molar-refractivity contribution < 1.29 is 4.74 Å². The van der Waals surface area contributed by atoms with Gasteiger partial charge in [-0.25, -0.2) is 4.98 Å². The van der Waals surface area contributed by atoms with Gasteiger partial charge in [-0.1, -0.05) is 0 Å². The number of piperidine rings is 1. The Kier molecular flexibility index (Phi) is 4.08. The average molecular weight is 276 g/mol. The number of methoxy groups -OCH3 is 1. The van der Waals surface area contributed by atoms with Crippen LogP contribution in [0.4, 0.5) is 5.69 Å². The molecule has 0 saturated carbocycles. The van der Waals surface area contributed by atoms with Crippen LogP contribution in [0.5, 0.6) is 5.88 Å². The van der Waals surface area contributed by atoms with Crippen LogP contribution in [0.25, 0.3) is 0 Å². The van der Waals surface area contributed by atoms with Crippen molar-refractivity contribution >= 4 is 5.69 Å². The fraction of sp³-hybridized carbons (Fsp3) is 0.667. The third-order valence-electron chi connectivity index (χ3n) is 4.55. The number of nitrogens with zero attached hydrogens (tertiary/aromatic N) is 3. The van der Waals surface area contributed by atoms with E-state index in [1.54, 1.807) is 7.11 Å². The summed E-state index contributed by atoms with van der Waals surface area (Å²) in [5.41, 5.74) is 7.20. The highest BCUT2D eigenvalue weighted by atomic mass is 16.5. The fourth-order valence-electron chi connectivity index (χ4n) is 3.27. The summed E-state index contributed by atoms with van der Waals surface area (Å²) in [6.07, 6.45) is 5.33. The van der Waals surface area contributed by atoms with Crippen molar-refractivity contribution in [3.8, 4) is 5.88 Å². The normalized spacial score (nSPS) is 25.1.